The van der Waals surface area contributed by atoms with Crippen molar-refractivity contribution in [1.82, 2.24) is 4.90 Å². The van der Waals surface area contributed by atoms with E-state index in [0.29, 0.717) is 11.5 Å². The van der Waals surface area contributed by atoms with Crippen molar-refractivity contribution < 1.29 is 19.7 Å². The van der Waals surface area contributed by atoms with Gasteiger partial charge in [0.1, 0.15) is 5.54 Å². The highest BCUT2D eigenvalue weighted by Crippen LogP contribution is 2.55. The van der Waals surface area contributed by atoms with E-state index in [1.165, 1.54) is 0 Å². The Morgan fingerprint density at radius 1 is 1.04 bits per heavy atom. The van der Waals surface area contributed by atoms with Crippen LogP contribution in [0.25, 0.3) is 6.08 Å². The third kappa shape index (κ3) is 1.51. The van der Waals surface area contributed by atoms with Crippen LogP contribution in [0.1, 0.15) is 11.1 Å². The van der Waals surface area contributed by atoms with Crippen LogP contribution < -0.4 is 9.47 Å². The maximum absolute atomic E-state index is 11.2. The highest BCUT2D eigenvalue weighted by molar-refractivity contribution is 5.66. The standard InChI is InChI=1S/C19H19NO4/c1-20-7-6-11-8-15-16(24-10-23-15)9-14(11)19(20)17(21)12-4-2-3-5-13(12)18(19)22/h2-9,12-13,17-18,21-22H,10H2,1H3. The zero-order chi connectivity index (χ0) is 16.5. The minimum Gasteiger partial charge on any atom is -0.454 e. The smallest absolute Gasteiger partial charge is 0.231 e. The van der Waals surface area contributed by atoms with Crippen LogP contribution in [0.4, 0.5) is 0 Å². The van der Waals surface area contributed by atoms with Gasteiger partial charge in [-0.15, -0.1) is 0 Å². The first-order valence-corrected chi connectivity index (χ1v) is 8.20. The second-order valence-electron chi connectivity index (χ2n) is 6.86. The number of allylic oxidation sites excluding steroid dienone is 2. The normalized spacial score (nSPS) is 37.9. The summed E-state index contributed by atoms with van der Waals surface area (Å²) in [6.07, 6.45) is 10.3. The Bertz CT molecular complexity index is 773. The van der Waals surface area contributed by atoms with Crippen molar-refractivity contribution in [2.24, 2.45) is 11.8 Å². The first kappa shape index (κ1) is 14.1. The molecule has 1 aromatic rings. The number of fused-ring (bicyclic) bond motifs is 4. The number of benzene rings is 1. The predicted octanol–water partition coefficient (Wildman–Crippen LogP) is 1.62. The van der Waals surface area contributed by atoms with Crippen LogP contribution in [0.5, 0.6) is 11.5 Å². The van der Waals surface area contributed by atoms with Crippen molar-refractivity contribution in [2.45, 2.75) is 17.7 Å². The number of nitrogens with zero attached hydrogens (tertiary/aromatic N) is 1. The zero-order valence-electron chi connectivity index (χ0n) is 13.3. The molecule has 0 radical (unpaired) electrons. The van der Waals surface area contributed by atoms with Crippen molar-refractivity contribution in [3.63, 3.8) is 0 Å². The monoisotopic (exact) mass is 325 g/mol. The fraction of sp³-hybridized carbons (Fsp3) is 0.368. The van der Waals surface area contributed by atoms with Crippen LogP contribution in [0.2, 0.25) is 0 Å². The number of rotatable bonds is 0. The van der Waals surface area contributed by atoms with E-state index in [9.17, 15) is 10.2 Å². The van der Waals surface area contributed by atoms with E-state index >= 15 is 0 Å². The molecule has 4 aliphatic rings. The molecule has 1 spiro atoms. The number of hydrogen-bond donors (Lipinski definition) is 2. The largest absolute Gasteiger partial charge is 0.454 e. The van der Waals surface area contributed by atoms with E-state index < -0.39 is 17.7 Å². The van der Waals surface area contributed by atoms with E-state index in [-0.39, 0.29) is 18.6 Å². The Morgan fingerprint density at radius 3 is 2.33 bits per heavy atom. The second-order valence-corrected chi connectivity index (χ2v) is 6.86. The maximum atomic E-state index is 11.2. The van der Waals surface area contributed by atoms with Crippen LogP contribution in [0.3, 0.4) is 0 Å². The van der Waals surface area contributed by atoms with Gasteiger partial charge in [0.2, 0.25) is 6.79 Å². The number of hydrogen-bond acceptors (Lipinski definition) is 5. The van der Waals surface area contributed by atoms with E-state index in [1.54, 1.807) is 0 Å². The summed E-state index contributed by atoms with van der Waals surface area (Å²) in [6.45, 7) is 0.201. The Kier molecular flexibility index (Phi) is 2.74. The highest BCUT2D eigenvalue weighted by Gasteiger charge is 2.62. The molecule has 5 heteroatoms. The molecule has 5 rings (SSSR count). The molecule has 0 amide bonds. The number of likely N-dealkylation sites (N-methyl/N-ethyl adjacent to an activating group) is 1. The van der Waals surface area contributed by atoms with Gasteiger partial charge in [-0.25, -0.2) is 0 Å². The van der Waals surface area contributed by atoms with Gasteiger partial charge >= 0.3 is 0 Å². The van der Waals surface area contributed by atoms with Gasteiger partial charge < -0.3 is 24.6 Å². The van der Waals surface area contributed by atoms with Gasteiger partial charge in [0.15, 0.2) is 11.5 Å². The molecular formula is C19H19NO4. The summed E-state index contributed by atoms with van der Waals surface area (Å²) in [5.74, 6) is 1.14. The first-order valence-electron chi connectivity index (χ1n) is 8.20. The SMILES string of the molecule is CN1C=Cc2cc3c(cc2C12C(O)C1C=CC=CC1C2O)OCO3. The summed E-state index contributed by atoms with van der Waals surface area (Å²) in [6, 6.07) is 3.84. The van der Waals surface area contributed by atoms with Gasteiger partial charge in [0, 0.05) is 25.1 Å². The van der Waals surface area contributed by atoms with Crippen molar-refractivity contribution in [3.05, 3.63) is 53.8 Å². The summed E-state index contributed by atoms with van der Waals surface area (Å²) in [5, 5.41) is 22.5. The lowest BCUT2D eigenvalue weighted by atomic mass is 9.77. The van der Waals surface area contributed by atoms with Crippen LogP contribution >= 0.6 is 0 Å². The molecule has 0 saturated heterocycles. The van der Waals surface area contributed by atoms with Crippen molar-refractivity contribution in [1.29, 1.82) is 0 Å². The minimum absolute atomic E-state index is 0.114. The summed E-state index contributed by atoms with van der Waals surface area (Å²) in [7, 11) is 1.90. The van der Waals surface area contributed by atoms with Crippen LogP contribution in [-0.4, -0.2) is 41.2 Å². The van der Waals surface area contributed by atoms with Crippen LogP contribution in [-0.2, 0) is 5.54 Å². The van der Waals surface area contributed by atoms with Crippen LogP contribution in [0.15, 0.2) is 42.6 Å². The summed E-state index contributed by atoms with van der Waals surface area (Å²) in [4.78, 5) is 1.94. The molecule has 124 valence electrons. The van der Waals surface area contributed by atoms with Gasteiger partial charge in [-0.1, -0.05) is 24.3 Å². The topological polar surface area (TPSA) is 62.2 Å². The lowest BCUT2D eigenvalue weighted by Crippen LogP contribution is -2.56. The molecule has 0 aromatic heterocycles. The third-order valence-corrected chi connectivity index (χ3v) is 5.89. The molecule has 2 heterocycles. The van der Waals surface area contributed by atoms with Crippen molar-refractivity contribution >= 4 is 6.08 Å². The molecule has 5 nitrogen and oxygen atoms in total. The average Bonchev–Trinajstić information content (AvgIpc) is 3.14. The molecule has 2 aliphatic heterocycles. The van der Waals surface area contributed by atoms with Gasteiger partial charge in [-0.05, 0) is 29.3 Å². The summed E-state index contributed by atoms with van der Waals surface area (Å²) >= 11 is 0. The van der Waals surface area contributed by atoms with Crippen molar-refractivity contribution in [2.75, 3.05) is 13.8 Å². The van der Waals surface area contributed by atoms with E-state index in [2.05, 4.69) is 0 Å². The lowest BCUT2D eigenvalue weighted by Gasteiger charge is -2.47. The molecule has 0 bridgehead atoms. The minimum atomic E-state index is -0.903. The summed E-state index contributed by atoms with van der Waals surface area (Å²) < 4.78 is 11.0. The average molecular weight is 325 g/mol. The van der Waals surface area contributed by atoms with Crippen LogP contribution in [0, 0.1) is 11.8 Å². The van der Waals surface area contributed by atoms with E-state index in [1.807, 2.05) is 60.7 Å². The first-order chi connectivity index (χ1) is 11.6. The predicted molar refractivity (Wildman–Crippen MR) is 88.3 cm³/mol. The molecule has 2 aliphatic carbocycles. The second kappa shape index (κ2) is 4.65. The highest BCUT2D eigenvalue weighted by atomic mass is 16.7. The molecule has 2 N–H and O–H groups in total. The third-order valence-electron chi connectivity index (χ3n) is 5.89. The Labute approximate surface area is 140 Å². The fourth-order valence-electron chi connectivity index (χ4n) is 4.72. The quantitative estimate of drug-likeness (QED) is 0.759. The van der Waals surface area contributed by atoms with E-state index in [0.717, 1.165) is 11.1 Å². The van der Waals surface area contributed by atoms with Gasteiger partial charge in [0.05, 0.1) is 12.2 Å². The number of ether oxygens (including phenoxy) is 2. The molecule has 24 heavy (non-hydrogen) atoms. The molecular weight excluding hydrogens is 306 g/mol. The molecule has 1 aromatic carbocycles. The number of aliphatic hydroxyl groups excluding tert-OH is 2. The van der Waals surface area contributed by atoms with Gasteiger partial charge in [-0.2, -0.15) is 0 Å². The fourth-order valence-corrected chi connectivity index (χ4v) is 4.72. The Hall–Kier alpha value is -2.24. The van der Waals surface area contributed by atoms with Gasteiger partial charge in [0.25, 0.3) is 0 Å². The maximum Gasteiger partial charge on any atom is 0.231 e. The Balaban J connectivity index is 1.75. The van der Waals surface area contributed by atoms with E-state index in [4.69, 9.17) is 9.47 Å². The molecule has 4 unspecified atom stereocenters. The molecule has 1 fully saturated rings. The zero-order valence-corrected chi connectivity index (χ0v) is 13.3. The summed E-state index contributed by atoms with van der Waals surface area (Å²) in [5.41, 5.74) is 0.925. The molecule has 4 atom stereocenters. The number of aliphatic hydroxyl groups is 2. The molecule has 1 saturated carbocycles. The Morgan fingerprint density at radius 2 is 1.67 bits per heavy atom. The van der Waals surface area contributed by atoms with Gasteiger partial charge in [-0.3, -0.25) is 0 Å². The van der Waals surface area contributed by atoms with Crippen molar-refractivity contribution in [3.8, 4) is 11.5 Å². The lowest BCUT2D eigenvalue weighted by molar-refractivity contribution is -0.0523.